The molecule has 3 N–H and O–H groups in total. The van der Waals surface area contributed by atoms with E-state index in [0.29, 0.717) is 33.1 Å². The van der Waals surface area contributed by atoms with Crippen LogP contribution in [0.3, 0.4) is 0 Å². The van der Waals surface area contributed by atoms with Crippen molar-refractivity contribution in [2.75, 3.05) is 19.5 Å². The molecular weight excluding hydrogens is 423 g/mol. The number of nitrogens with zero attached hydrogens (tertiary/aromatic N) is 2. The molecule has 1 fully saturated rings. The quantitative estimate of drug-likeness (QED) is 0.552. The summed E-state index contributed by atoms with van der Waals surface area (Å²) in [7, 11) is 3.11. The Morgan fingerprint density at radius 2 is 1.73 bits per heavy atom. The van der Waals surface area contributed by atoms with Crippen molar-refractivity contribution in [2.45, 2.75) is 37.8 Å². The Morgan fingerprint density at radius 3 is 2.40 bits per heavy atom. The van der Waals surface area contributed by atoms with Gasteiger partial charge in [0.15, 0.2) is 0 Å². The molecule has 0 radical (unpaired) electrons. The maximum atomic E-state index is 6.56. The molecule has 0 aliphatic heterocycles. The van der Waals surface area contributed by atoms with Crippen LogP contribution in [0.5, 0.6) is 11.5 Å². The van der Waals surface area contributed by atoms with Gasteiger partial charge in [0.25, 0.3) is 0 Å². The normalized spacial score (nSPS) is 19.0. The molecule has 8 heteroatoms. The zero-order valence-electron chi connectivity index (χ0n) is 16.9. The Labute approximate surface area is 185 Å². The first-order valence-electron chi connectivity index (χ1n) is 9.91. The van der Waals surface area contributed by atoms with Crippen LogP contribution in [0, 0.1) is 0 Å². The zero-order chi connectivity index (χ0) is 21.3. The van der Waals surface area contributed by atoms with Crippen molar-refractivity contribution in [3.05, 3.63) is 40.5 Å². The van der Waals surface area contributed by atoms with Gasteiger partial charge in [-0.1, -0.05) is 42.1 Å². The standard InChI is InChI=1S/C22H24Cl2N4O2/c1-29-17-10-18(30-2)21(24)19(20(17)23)12-7-8-15-13(9-12)11-26-22(27-15)28-16-6-4-3-5-14(16)25/h7-11,14,16H,3-6,25H2,1-2H3,(H,26,27,28). The van der Waals surface area contributed by atoms with Gasteiger partial charge in [-0.05, 0) is 30.5 Å². The molecule has 2 aromatic carbocycles. The second-order valence-corrected chi connectivity index (χ2v) is 8.21. The molecule has 2 atom stereocenters. The Bertz CT molecular complexity index is 1050. The Morgan fingerprint density at radius 1 is 1.03 bits per heavy atom. The van der Waals surface area contributed by atoms with E-state index >= 15 is 0 Å². The van der Waals surface area contributed by atoms with E-state index in [9.17, 15) is 0 Å². The predicted molar refractivity (Wildman–Crippen MR) is 122 cm³/mol. The van der Waals surface area contributed by atoms with Crippen LogP contribution in [0.15, 0.2) is 30.5 Å². The fourth-order valence-corrected chi connectivity index (χ4v) is 4.62. The van der Waals surface area contributed by atoms with Crippen LogP contribution >= 0.6 is 23.2 Å². The number of methoxy groups -OCH3 is 2. The van der Waals surface area contributed by atoms with Gasteiger partial charge in [-0.2, -0.15) is 0 Å². The van der Waals surface area contributed by atoms with Gasteiger partial charge in [-0.3, -0.25) is 0 Å². The third-order valence-corrected chi connectivity index (χ3v) is 6.33. The lowest BCUT2D eigenvalue weighted by atomic mass is 9.91. The van der Waals surface area contributed by atoms with Crippen molar-refractivity contribution >= 4 is 40.1 Å². The summed E-state index contributed by atoms with van der Waals surface area (Å²) in [5.41, 5.74) is 8.53. The number of nitrogens with one attached hydrogen (secondary N) is 1. The van der Waals surface area contributed by atoms with Gasteiger partial charge in [-0.25, -0.2) is 9.97 Å². The van der Waals surface area contributed by atoms with Crippen LogP contribution in [0.25, 0.3) is 22.0 Å². The summed E-state index contributed by atoms with van der Waals surface area (Å²) in [4.78, 5) is 9.15. The van der Waals surface area contributed by atoms with E-state index in [1.807, 2.05) is 18.2 Å². The molecule has 0 amide bonds. The number of rotatable bonds is 5. The molecule has 1 heterocycles. The first-order chi connectivity index (χ1) is 14.5. The molecule has 6 nitrogen and oxygen atoms in total. The van der Waals surface area contributed by atoms with Crippen LogP contribution in [-0.2, 0) is 0 Å². The molecule has 158 valence electrons. The van der Waals surface area contributed by atoms with E-state index < -0.39 is 0 Å². The molecule has 1 saturated carbocycles. The summed E-state index contributed by atoms with van der Waals surface area (Å²) in [6, 6.07) is 7.82. The monoisotopic (exact) mass is 446 g/mol. The number of halogens is 2. The summed E-state index contributed by atoms with van der Waals surface area (Å²) in [5.74, 6) is 1.58. The summed E-state index contributed by atoms with van der Waals surface area (Å²) in [6.07, 6.45) is 6.22. The average Bonchev–Trinajstić information content (AvgIpc) is 2.76. The van der Waals surface area contributed by atoms with E-state index in [1.54, 1.807) is 26.5 Å². The van der Waals surface area contributed by atoms with E-state index in [4.69, 9.17) is 38.4 Å². The van der Waals surface area contributed by atoms with E-state index in [2.05, 4.69) is 15.3 Å². The molecule has 1 aliphatic rings. The summed E-state index contributed by atoms with van der Waals surface area (Å²) >= 11 is 13.1. The molecular formula is C22H24Cl2N4O2. The lowest BCUT2D eigenvalue weighted by Crippen LogP contribution is -2.42. The third kappa shape index (κ3) is 4.00. The minimum Gasteiger partial charge on any atom is -0.495 e. The smallest absolute Gasteiger partial charge is 0.223 e. The summed E-state index contributed by atoms with van der Waals surface area (Å²) < 4.78 is 10.7. The molecule has 0 saturated heterocycles. The molecule has 3 aromatic rings. The van der Waals surface area contributed by atoms with Crippen LogP contribution < -0.4 is 20.5 Å². The number of aromatic nitrogens is 2. The maximum absolute atomic E-state index is 6.56. The van der Waals surface area contributed by atoms with Crippen molar-refractivity contribution in [1.29, 1.82) is 0 Å². The minimum absolute atomic E-state index is 0.132. The van der Waals surface area contributed by atoms with Crippen molar-refractivity contribution in [3.63, 3.8) is 0 Å². The lowest BCUT2D eigenvalue weighted by molar-refractivity contribution is 0.395. The van der Waals surface area contributed by atoms with E-state index in [1.165, 1.54) is 12.8 Å². The molecule has 1 aromatic heterocycles. The predicted octanol–water partition coefficient (Wildman–Crippen LogP) is 5.30. The summed E-state index contributed by atoms with van der Waals surface area (Å²) in [6.45, 7) is 0. The van der Waals surface area contributed by atoms with Crippen molar-refractivity contribution in [1.82, 2.24) is 9.97 Å². The van der Waals surface area contributed by atoms with Gasteiger partial charge in [0.1, 0.15) is 11.5 Å². The number of fused-ring (bicyclic) bond motifs is 1. The second-order valence-electron chi connectivity index (χ2n) is 7.45. The average molecular weight is 447 g/mol. The summed E-state index contributed by atoms with van der Waals surface area (Å²) in [5, 5.41) is 5.12. The Kier molecular flexibility index (Phi) is 6.18. The van der Waals surface area contributed by atoms with Crippen molar-refractivity contribution in [3.8, 4) is 22.6 Å². The number of hydrogen-bond donors (Lipinski definition) is 2. The number of ether oxygens (including phenoxy) is 2. The molecule has 0 bridgehead atoms. The van der Waals surface area contributed by atoms with Crippen LogP contribution in [0.2, 0.25) is 10.0 Å². The van der Waals surface area contributed by atoms with Crippen molar-refractivity contribution < 1.29 is 9.47 Å². The zero-order valence-corrected chi connectivity index (χ0v) is 18.4. The molecule has 30 heavy (non-hydrogen) atoms. The largest absolute Gasteiger partial charge is 0.495 e. The highest BCUT2D eigenvalue weighted by molar-refractivity contribution is 6.41. The fraction of sp³-hybridized carbons (Fsp3) is 0.364. The van der Waals surface area contributed by atoms with Gasteiger partial charge < -0.3 is 20.5 Å². The van der Waals surface area contributed by atoms with Crippen LogP contribution in [-0.4, -0.2) is 36.3 Å². The SMILES string of the molecule is COc1cc(OC)c(Cl)c(-c2ccc3nc(NC4CCCCC4N)ncc3c2)c1Cl. The number of anilines is 1. The van der Waals surface area contributed by atoms with Gasteiger partial charge in [0.2, 0.25) is 5.95 Å². The minimum atomic E-state index is 0.132. The first kappa shape index (κ1) is 21.0. The van der Waals surface area contributed by atoms with Gasteiger partial charge in [0.05, 0.1) is 29.8 Å². The van der Waals surface area contributed by atoms with Gasteiger partial charge >= 0.3 is 0 Å². The van der Waals surface area contributed by atoms with Crippen molar-refractivity contribution in [2.24, 2.45) is 5.73 Å². The van der Waals surface area contributed by atoms with Crippen LogP contribution in [0.1, 0.15) is 25.7 Å². The molecule has 0 spiro atoms. The fourth-order valence-electron chi connectivity index (χ4n) is 3.90. The molecule has 1 aliphatic carbocycles. The topological polar surface area (TPSA) is 82.3 Å². The third-order valence-electron chi connectivity index (χ3n) is 5.58. The molecule has 2 unspecified atom stereocenters. The first-order valence-corrected chi connectivity index (χ1v) is 10.7. The second kappa shape index (κ2) is 8.84. The van der Waals surface area contributed by atoms with Gasteiger partial charge in [-0.15, -0.1) is 0 Å². The maximum Gasteiger partial charge on any atom is 0.223 e. The highest BCUT2D eigenvalue weighted by Gasteiger charge is 2.22. The number of benzene rings is 2. The molecule has 4 rings (SSSR count). The Hall–Kier alpha value is -2.28. The van der Waals surface area contributed by atoms with Crippen LogP contribution in [0.4, 0.5) is 5.95 Å². The number of nitrogens with two attached hydrogens (primary N) is 1. The highest BCUT2D eigenvalue weighted by Crippen LogP contribution is 2.46. The highest BCUT2D eigenvalue weighted by atomic mass is 35.5. The van der Waals surface area contributed by atoms with Gasteiger partial charge in [0, 0.05) is 35.3 Å². The number of hydrogen-bond acceptors (Lipinski definition) is 6. The lowest BCUT2D eigenvalue weighted by Gasteiger charge is -2.29. The Balaban J connectivity index is 1.70. The van der Waals surface area contributed by atoms with E-state index in [0.717, 1.165) is 29.3 Å². The van der Waals surface area contributed by atoms with E-state index in [-0.39, 0.29) is 12.1 Å².